The van der Waals surface area contributed by atoms with Gasteiger partial charge in [-0.15, -0.1) is 0 Å². The number of rotatable bonds is 5. The second-order valence-electron chi connectivity index (χ2n) is 6.94. The number of halogens is 5. The number of hydrogen-bond acceptors (Lipinski definition) is 4. The van der Waals surface area contributed by atoms with E-state index in [1.54, 1.807) is 18.5 Å². The first kappa shape index (κ1) is 23.1. The number of nitrogens with one attached hydrogen (secondary N) is 4. The lowest BCUT2D eigenvalue weighted by atomic mass is 10.2. The molecular formula is C22H15ClF4N6O. The third-order valence-electron chi connectivity index (χ3n) is 4.53. The molecule has 2 amide bonds. The van der Waals surface area contributed by atoms with Gasteiger partial charge >= 0.3 is 12.2 Å². The molecule has 7 nitrogen and oxygen atoms in total. The van der Waals surface area contributed by atoms with Crippen molar-refractivity contribution in [2.24, 2.45) is 0 Å². The summed E-state index contributed by atoms with van der Waals surface area (Å²) in [6, 6.07) is 11.2. The van der Waals surface area contributed by atoms with Gasteiger partial charge in [-0.3, -0.25) is 0 Å². The number of hydrogen-bond donors (Lipinski definition) is 4. The highest BCUT2D eigenvalue weighted by Gasteiger charge is 2.33. The van der Waals surface area contributed by atoms with Gasteiger partial charge in [-0.25, -0.2) is 19.2 Å². The number of anilines is 4. The van der Waals surface area contributed by atoms with Crippen LogP contribution in [0, 0.1) is 5.82 Å². The predicted molar refractivity (Wildman–Crippen MR) is 121 cm³/mol. The van der Waals surface area contributed by atoms with E-state index in [-0.39, 0.29) is 17.3 Å². The van der Waals surface area contributed by atoms with Crippen LogP contribution in [0.4, 0.5) is 45.4 Å². The molecule has 0 unspecified atom stereocenters. The molecule has 2 heterocycles. The maximum Gasteiger partial charge on any atom is 0.417 e. The molecule has 0 atom stereocenters. The van der Waals surface area contributed by atoms with E-state index in [0.29, 0.717) is 17.4 Å². The van der Waals surface area contributed by atoms with Crippen LogP contribution in [0.1, 0.15) is 5.56 Å². The second kappa shape index (κ2) is 9.40. The molecule has 4 aromatic rings. The summed E-state index contributed by atoms with van der Waals surface area (Å²) in [5, 5.41) is 6.83. The van der Waals surface area contributed by atoms with E-state index < -0.39 is 28.6 Å². The highest BCUT2D eigenvalue weighted by molar-refractivity contribution is 6.31. The van der Waals surface area contributed by atoms with Crippen molar-refractivity contribution in [3.05, 3.63) is 83.4 Å². The van der Waals surface area contributed by atoms with Gasteiger partial charge in [0, 0.05) is 23.8 Å². The number of nitrogens with zero attached hydrogens (tertiary/aromatic N) is 2. The third-order valence-corrected chi connectivity index (χ3v) is 4.86. The summed E-state index contributed by atoms with van der Waals surface area (Å²) in [4.78, 5) is 23.6. The molecule has 0 saturated carbocycles. The van der Waals surface area contributed by atoms with Crippen LogP contribution in [0.5, 0.6) is 0 Å². The summed E-state index contributed by atoms with van der Waals surface area (Å²) in [5.74, 6) is -0.555. The van der Waals surface area contributed by atoms with Crippen LogP contribution in [0.25, 0.3) is 11.4 Å². The highest BCUT2D eigenvalue weighted by atomic mass is 35.5. The Hall–Kier alpha value is -4.12. The molecular weight excluding hydrogens is 476 g/mol. The molecule has 0 aliphatic heterocycles. The standard InChI is InChI=1S/C22H15ClF4N6O/c23-15-5-3-12(10-14(15)22(25,26)27)31-21(34)33-17-6-4-13(11-16(17)24)30-20-29-9-7-19(32-20)18-2-1-8-28-18/h1-11,28H,(H,29,30,32)(H2,31,33,34). The summed E-state index contributed by atoms with van der Waals surface area (Å²) < 4.78 is 53.5. The Morgan fingerprint density at radius 3 is 2.50 bits per heavy atom. The van der Waals surface area contributed by atoms with Gasteiger partial charge in [-0.2, -0.15) is 13.2 Å². The second-order valence-corrected chi connectivity index (χ2v) is 7.35. The molecule has 174 valence electrons. The molecule has 2 aromatic heterocycles. The minimum absolute atomic E-state index is 0.160. The van der Waals surface area contributed by atoms with Gasteiger partial charge in [0.15, 0.2) is 0 Å². The Morgan fingerprint density at radius 2 is 1.79 bits per heavy atom. The van der Waals surface area contributed by atoms with Crippen molar-refractivity contribution >= 4 is 40.6 Å². The van der Waals surface area contributed by atoms with Crippen molar-refractivity contribution in [1.29, 1.82) is 0 Å². The van der Waals surface area contributed by atoms with Crippen molar-refractivity contribution in [2.45, 2.75) is 6.18 Å². The third kappa shape index (κ3) is 5.44. The molecule has 12 heteroatoms. The first-order valence-corrected chi connectivity index (χ1v) is 10.0. The molecule has 2 aromatic carbocycles. The number of benzene rings is 2. The first-order chi connectivity index (χ1) is 16.2. The summed E-state index contributed by atoms with van der Waals surface area (Å²) >= 11 is 5.56. The van der Waals surface area contributed by atoms with Crippen LogP contribution in [0.2, 0.25) is 5.02 Å². The largest absolute Gasteiger partial charge is 0.417 e. The average Bonchev–Trinajstić information content (AvgIpc) is 3.31. The number of carbonyl (C=O) groups is 1. The molecule has 0 saturated heterocycles. The monoisotopic (exact) mass is 490 g/mol. The quantitative estimate of drug-likeness (QED) is 0.235. The van der Waals surface area contributed by atoms with Gasteiger partial charge in [0.1, 0.15) is 5.82 Å². The summed E-state index contributed by atoms with van der Waals surface area (Å²) in [7, 11) is 0. The predicted octanol–water partition coefficient (Wildman–Crippen LogP) is 6.67. The van der Waals surface area contributed by atoms with E-state index in [1.807, 2.05) is 12.1 Å². The summed E-state index contributed by atoms with van der Waals surface area (Å²) in [5.41, 5.74) is 0.288. The molecule has 0 aliphatic rings. The molecule has 4 N–H and O–H groups in total. The summed E-state index contributed by atoms with van der Waals surface area (Å²) in [6.45, 7) is 0. The maximum absolute atomic E-state index is 14.5. The number of H-pyrrole nitrogens is 1. The zero-order valence-electron chi connectivity index (χ0n) is 17.0. The van der Waals surface area contributed by atoms with E-state index in [1.165, 1.54) is 18.2 Å². The van der Waals surface area contributed by atoms with E-state index in [2.05, 4.69) is 30.9 Å². The fourth-order valence-corrected chi connectivity index (χ4v) is 3.21. The lowest BCUT2D eigenvalue weighted by molar-refractivity contribution is -0.137. The van der Waals surface area contributed by atoms with Gasteiger partial charge in [0.05, 0.1) is 27.7 Å². The van der Waals surface area contributed by atoms with E-state index in [0.717, 1.165) is 17.8 Å². The van der Waals surface area contributed by atoms with Crippen LogP contribution >= 0.6 is 11.6 Å². The topological polar surface area (TPSA) is 94.7 Å². The van der Waals surface area contributed by atoms with Crippen molar-refractivity contribution in [1.82, 2.24) is 15.0 Å². The normalized spacial score (nSPS) is 11.2. The van der Waals surface area contributed by atoms with Crippen LogP contribution in [0.15, 0.2) is 67.0 Å². The smallest absolute Gasteiger partial charge is 0.360 e. The number of alkyl halides is 3. The van der Waals surface area contributed by atoms with Gasteiger partial charge in [0.25, 0.3) is 0 Å². The van der Waals surface area contributed by atoms with Crippen LogP contribution in [-0.2, 0) is 6.18 Å². The first-order valence-electron chi connectivity index (χ1n) is 9.67. The van der Waals surface area contributed by atoms with Crippen molar-refractivity contribution in [3.8, 4) is 11.4 Å². The van der Waals surface area contributed by atoms with Gasteiger partial charge in [0.2, 0.25) is 5.95 Å². The molecule has 0 fully saturated rings. The fraction of sp³-hybridized carbons (Fsp3) is 0.0455. The minimum Gasteiger partial charge on any atom is -0.360 e. The minimum atomic E-state index is -4.69. The van der Waals surface area contributed by atoms with Crippen molar-refractivity contribution < 1.29 is 22.4 Å². The highest BCUT2D eigenvalue weighted by Crippen LogP contribution is 2.36. The number of carbonyl (C=O) groups excluding carboxylic acids is 1. The number of aromatic amines is 1. The van der Waals surface area contributed by atoms with E-state index in [4.69, 9.17) is 11.6 Å². The molecule has 34 heavy (non-hydrogen) atoms. The molecule has 0 aliphatic carbocycles. The number of urea groups is 1. The van der Waals surface area contributed by atoms with Gasteiger partial charge in [-0.1, -0.05) is 11.6 Å². The zero-order chi connectivity index (χ0) is 24.3. The Labute approximate surface area is 195 Å². The van der Waals surface area contributed by atoms with Gasteiger partial charge < -0.3 is 20.9 Å². The Morgan fingerprint density at radius 1 is 1.00 bits per heavy atom. The van der Waals surface area contributed by atoms with Crippen molar-refractivity contribution in [3.63, 3.8) is 0 Å². The zero-order valence-corrected chi connectivity index (χ0v) is 17.8. The molecule has 0 radical (unpaired) electrons. The Balaban J connectivity index is 1.43. The maximum atomic E-state index is 14.5. The molecule has 0 spiro atoms. The van der Waals surface area contributed by atoms with Crippen molar-refractivity contribution in [2.75, 3.05) is 16.0 Å². The summed E-state index contributed by atoms with van der Waals surface area (Å²) in [6.07, 6.45) is -1.39. The van der Waals surface area contributed by atoms with Crippen LogP contribution < -0.4 is 16.0 Å². The number of aromatic nitrogens is 3. The van der Waals surface area contributed by atoms with Gasteiger partial charge in [-0.05, 0) is 54.6 Å². The molecule has 0 bridgehead atoms. The lowest BCUT2D eigenvalue weighted by Gasteiger charge is -2.13. The SMILES string of the molecule is O=C(Nc1ccc(Cl)c(C(F)(F)F)c1)Nc1ccc(Nc2nccc(-c3ccc[nH]3)n2)cc1F. The van der Waals surface area contributed by atoms with Crippen LogP contribution in [-0.4, -0.2) is 21.0 Å². The number of amides is 2. The van der Waals surface area contributed by atoms with E-state index in [9.17, 15) is 22.4 Å². The average molecular weight is 491 g/mol. The molecule has 4 rings (SSSR count). The Kier molecular flexibility index (Phi) is 6.37. The fourth-order valence-electron chi connectivity index (χ4n) is 2.99. The Bertz CT molecular complexity index is 1330. The van der Waals surface area contributed by atoms with E-state index >= 15 is 0 Å². The lowest BCUT2D eigenvalue weighted by Crippen LogP contribution is -2.20. The van der Waals surface area contributed by atoms with Crippen LogP contribution in [0.3, 0.4) is 0 Å².